The molecule has 0 spiro atoms. The molecule has 0 saturated heterocycles. The molecule has 0 saturated carbocycles. The molecule has 2 aromatic carbocycles. The number of aromatic nitrogens is 1. The Morgan fingerprint density at radius 1 is 1.06 bits per heavy atom. The van der Waals surface area contributed by atoms with Crippen LogP contribution in [0.2, 0.25) is 0 Å². The molecule has 0 radical (unpaired) electrons. The first-order valence-corrected chi connectivity index (χ1v) is 12.4. The van der Waals surface area contributed by atoms with Crippen LogP contribution in [0.5, 0.6) is 17.2 Å². The third-order valence-corrected chi connectivity index (χ3v) is 6.72. The molecular weight excluding hydrogens is 480 g/mol. The fourth-order valence-electron chi connectivity index (χ4n) is 4.09. The van der Waals surface area contributed by atoms with Crippen LogP contribution in [-0.4, -0.2) is 38.0 Å². The van der Waals surface area contributed by atoms with Gasteiger partial charge in [0, 0.05) is 0 Å². The summed E-state index contributed by atoms with van der Waals surface area (Å²) in [7, 11) is 3.16. The van der Waals surface area contributed by atoms with Gasteiger partial charge >= 0.3 is 5.97 Å². The van der Waals surface area contributed by atoms with E-state index in [0.717, 1.165) is 11.1 Å². The molecule has 0 amide bonds. The topological polar surface area (TPSA) is 88.4 Å². The standard InChI is InChI=1S/C27H28N2O6S/c1-6-34-20-13-8-17(14-21(20)33-5)15-22-25(30)29-24(18-9-11-19(32-4)12-10-18)23(26(31)35-7-2)16(3)28-27(29)36-22/h8-15,24H,6-7H2,1-5H3/b22-15-. The number of hydrogen-bond donors (Lipinski definition) is 0. The van der Waals surface area contributed by atoms with Crippen LogP contribution in [-0.2, 0) is 9.53 Å². The molecule has 1 atom stereocenters. The van der Waals surface area contributed by atoms with Crippen molar-refractivity contribution in [2.45, 2.75) is 26.8 Å². The van der Waals surface area contributed by atoms with Gasteiger partial charge in [0.05, 0.1) is 49.3 Å². The van der Waals surface area contributed by atoms with Crippen LogP contribution >= 0.6 is 11.3 Å². The van der Waals surface area contributed by atoms with Gasteiger partial charge in [-0.15, -0.1) is 0 Å². The van der Waals surface area contributed by atoms with Gasteiger partial charge in [0.1, 0.15) is 5.75 Å². The van der Waals surface area contributed by atoms with Gasteiger partial charge < -0.3 is 18.9 Å². The molecule has 0 N–H and O–H groups in total. The van der Waals surface area contributed by atoms with E-state index >= 15 is 0 Å². The highest BCUT2D eigenvalue weighted by atomic mass is 32.1. The second kappa shape index (κ2) is 10.8. The molecule has 36 heavy (non-hydrogen) atoms. The monoisotopic (exact) mass is 508 g/mol. The molecule has 188 valence electrons. The Labute approximate surface area is 212 Å². The minimum absolute atomic E-state index is 0.217. The summed E-state index contributed by atoms with van der Waals surface area (Å²) in [5.41, 5.74) is 2.14. The lowest BCUT2D eigenvalue weighted by Crippen LogP contribution is -2.39. The lowest BCUT2D eigenvalue weighted by molar-refractivity contribution is -0.139. The predicted octanol–water partition coefficient (Wildman–Crippen LogP) is 3.21. The van der Waals surface area contributed by atoms with E-state index < -0.39 is 12.0 Å². The number of carbonyl (C=O) groups excluding carboxylic acids is 1. The summed E-state index contributed by atoms with van der Waals surface area (Å²) in [5, 5.41) is 0. The van der Waals surface area contributed by atoms with Gasteiger partial charge in [0.25, 0.3) is 5.56 Å². The zero-order chi connectivity index (χ0) is 25.8. The Morgan fingerprint density at radius 3 is 2.44 bits per heavy atom. The number of methoxy groups -OCH3 is 2. The molecule has 0 bridgehead atoms. The van der Waals surface area contributed by atoms with Crippen molar-refractivity contribution in [1.29, 1.82) is 0 Å². The van der Waals surface area contributed by atoms with Crippen LogP contribution in [0.1, 0.15) is 37.9 Å². The maximum Gasteiger partial charge on any atom is 0.338 e. The molecular formula is C27H28N2O6S. The van der Waals surface area contributed by atoms with Gasteiger partial charge in [0.2, 0.25) is 0 Å². The van der Waals surface area contributed by atoms with E-state index in [0.29, 0.717) is 44.5 Å². The SMILES string of the molecule is CCOC(=O)C1=C(C)N=c2s/c(=C\c3ccc(OCC)c(OC)c3)c(=O)n2C1c1ccc(OC)cc1. The van der Waals surface area contributed by atoms with Gasteiger partial charge in [-0.3, -0.25) is 9.36 Å². The van der Waals surface area contributed by atoms with Gasteiger partial charge in [-0.2, -0.15) is 0 Å². The minimum atomic E-state index is -0.678. The van der Waals surface area contributed by atoms with Crippen LogP contribution < -0.4 is 29.1 Å². The van der Waals surface area contributed by atoms with Crippen molar-refractivity contribution in [3.05, 3.63) is 84.5 Å². The van der Waals surface area contributed by atoms with Crippen molar-refractivity contribution in [2.75, 3.05) is 27.4 Å². The molecule has 4 rings (SSSR count). The Morgan fingerprint density at radius 2 is 1.81 bits per heavy atom. The van der Waals surface area contributed by atoms with Gasteiger partial charge in [-0.25, -0.2) is 9.79 Å². The fraction of sp³-hybridized carbons (Fsp3) is 0.296. The largest absolute Gasteiger partial charge is 0.497 e. The van der Waals surface area contributed by atoms with Crippen molar-refractivity contribution in [3.8, 4) is 17.2 Å². The number of benzene rings is 2. The number of carbonyl (C=O) groups is 1. The van der Waals surface area contributed by atoms with Crippen molar-refractivity contribution < 1.29 is 23.7 Å². The third kappa shape index (κ3) is 4.79. The van der Waals surface area contributed by atoms with Gasteiger partial charge in [-0.1, -0.05) is 29.5 Å². The van der Waals surface area contributed by atoms with Crippen LogP contribution in [0, 0.1) is 0 Å². The summed E-state index contributed by atoms with van der Waals surface area (Å²) in [6.07, 6.45) is 1.79. The second-order valence-electron chi connectivity index (χ2n) is 7.92. The summed E-state index contributed by atoms with van der Waals surface area (Å²) in [5.74, 6) is 1.39. The lowest BCUT2D eigenvalue weighted by atomic mass is 9.96. The molecule has 1 aliphatic rings. The number of allylic oxidation sites excluding steroid dienone is 1. The number of rotatable bonds is 8. The second-order valence-corrected chi connectivity index (χ2v) is 8.93. The lowest BCUT2D eigenvalue weighted by Gasteiger charge is -2.24. The van der Waals surface area contributed by atoms with Crippen molar-refractivity contribution in [3.63, 3.8) is 0 Å². The van der Waals surface area contributed by atoms with Crippen LogP contribution in [0.4, 0.5) is 0 Å². The normalized spacial score (nSPS) is 15.2. The minimum Gasteiger partial charge on any atom is -0.497 e. The first-order chi connectivity index (χ1) is 17.4. The Bertz CT molecular complexity index is 1480. The Kier molecular flexibility index (Phi) is 7.59. The first kappa shape index (κ1) is 25.2. The maximum absolute atomic E-state index is 13.7. The first-order valence-electron chi connectivity index (χ1n) is 11.6. The number of hydrogen-bond acceptors (Lipinski definition) is 8. The zero-order valence-corrected chi connectivity index (χ0v) is 21.7. The molecule has 1 aliphatic heterocycles. The van der Waals surface area contributed by atoms with E-state index in [9.17, 15) is 9.59 Å². The number of esters is 1. The third-order valence-electron chi connectivity index (χ3n) is 5.73. The van der Waals surface area contributed by atoms with Crippen molar-refractivity contribution in [1.82, 2.24) is 4.57 Å². The van der Waals surface area contributed by atoms with Crippen molar-refractivity contribution >= 4 is 23.4 Å². The van der Waals surface area contributed by atoms with E-state index in [1.54, 1.807) is 50.8 Å². The maximum atomic E-state index is 13.7. The van der Waals surface area contributed by atoms with E-state index in [4.69, 9.17) is 18.9 Å². The van der Waals surface area contributed by atoms with E-state index in [1.807, 2.05) is 37.3 Å². The van der Waals surface area contributed by atoms with Crippen molar-refractivity contribution in [2.24, 2.45) is 4.99 Å². The summed E-state index contributed by atoms with van der Waals surface area (Å²) in [6.45, 7) is 6.14. The molecule has 3 aromatic rings. The molecule has 8 nitrogen and oxygen atoms in total. The number of fused-ring (bicyclic) bond motifs is 1. The van der Waals surface area contributed by atoms with Crippen LogP contribution in [0.25, 0.3) is 6.08 Å². The average molecular weight is 509 g/mol. The highest BCUT2D eigenvalue weighted by molar-refractivity contribution is 7.07. The molecule has 0 aliphatic carbocycles. The fourth-order valence-corrected chi connectivity index (χ4v) is 5.14. The number of nitrogens with zero attached hydrogens (tertiary/aromatic N) is 2. The summed E-state index contributed by atoms with van der Waals surface area (Å²) in [4.78, 5) is 31.8. The predicted molar refractivity (Wildman–Crippen MR) is 138 cm³/mol. The highest BCUT2D eigenvalue weighted by Crippen LogP contribution is 2.32. The van der Waals surface area contributed by atoms with Gasteiger partial charge in [0.15, 0.2) is 16.3 Å². The van der Waals surface area contributed by atoms with E-state index in [1.165, 1.54) is 11.3 Å². The quantitative estimate of drug-likeness (QED) is 0.434. The van der Waals surface area contributed by atoms with E-state index in [-0.39, 0.29) is 12.2 Å². The molecule has 2 heterocycles. The Hall–Kier alpha value is -3.85. The highest BCUT2D eigenvalue weighted by Gasteiger charge is 2.33. The van der Waals surface area contributed by atoms with Crippen LogP contribution in [0.15, 0.2) is 63.5 Å². The zero-order valence-electron chi connectivity index (χ0n) is 20.9. The summed E-state index contributed by atoms with van der Waals surface area (Å²) in [6, 6.07) is 12.1. The van der Waals surface area contributed by atoms with Gasteiger partial charge in [-0.05, 0) is 62.2 Å². The average Bonchev–Trinajstić information content (AvgIpc) is 3.18. The smallest absolute Gasteiger partial charge is 0.338 e. The molecule has 1 aromatic heterocycles. The Balaban J connectivity index is 1.89. The molecule has 0 fully saturated rings. The van der Waals surface area contributed by atoms with E-state index in [2.05, 4.69) is 4.99 Å². The number of ether oxygens (including phenoxy) is 4. The summed E-state index contributed by atoms with van der Waals surface area (Å²) >= 11 is 1.27. The summed E-state index contributed by atoms with van der Waals surface area (Å²) < 4.78 is 23.7. The molecule has 9 heteroatoms. The van der Waals surface area contributed by atoms with Crippen LogP contribution in [0.3, 0.4) is 0 Å². The molecule has 1 unspecified atom stereocenters. The number of thiazole rings is 1.